The van der Waals surface area contributed by atoms with E-state index in [-0.39, 0.29) is 0 Å². The molecule has 1 fully saturated rings. The van der Waals surface area contributed by atoms with Gasteiger partial charge < -0.3 is 0 Å². The quantitative estimate of drug-likeness (QED) is 0.640. The number of nitrogens with zero attached hydrogens (tertiary/aromatic N) is 1. The summed E-state index contributed by atoms with van der Waals surface area (Å²) in [5.41, 5.74) is 0.368. The van der Waals surface area contributed by atoms with Gasteiger partial charge in [-0.05, 0) is 32.5 Å². The standard InChI is InChI=1S/C12H19NO/c1-5-10(2)12(13(3)4)9-7-6-8-11(12)14/h5H,1-2,6-9H2,3-4H3/t12-/m1/s1. The van der Waals surface area contributed by atoms with E-state index in [9.17, 15) is 4.79 Å². The molecule has 0 bridgehead atoms. The highest BCUT2D eigenvalue weighted by molar-refractivity contribution is 5.93. The molecule has 0 amide bonds. The van der Waals surface area contributed by atoms with Gasteiger partial charge in [0.2, 0.25) is 0 Å². The van der Waals surface area contributed by atoms with Gasteiger partial charge in [0.05, 0.1) is 0 Å². The first kappa shape index (κ1) is 11.2. The summed E-state index contributed by atoms with van der Waals surface area (Å²) in [6.45, 7) is 7.68. The van der Waals surface area contributed by atoms with Gasteiger partial charge in [-0.2, -0.15) is 0 Å². The number of hydrogen-bond donors (Lipinski definition) is 0. The van der Waals surface area contributed by atoms with E-state index in [1.54, 1.807) is 6.08 Å². The lowest BCUT2D eigenvalue weighted by Gasteiger charge is -2.42. The minimum absolute atomic E-state index is 0.290. The number of Topliss-reactive ketones (excluding diaryl/α,β-unsaturated/α-hetero) is 1. The van der Waals surface area contributed by atoms with Gasteiger partial charge in [-0.3, -0.25) is 9.69 Å². The fraction of sp³-hybridized carbons (Fsp3) is 0.583. The fourth-order valence-electron chi connectivity index (χ4n) is 2.28. The van der Waals surface area contributed by atoms with E-state index < -0.39 is 5.54 Å². The molecule has 14 heavy (non-hydrogen) atoms. The molecule has 0 saturated heterocycles. The Morgan fingerprint density at radius 2 is 2.14 bits per heavy atom. The van der Waals surface area contributed by atoms with Crippen molar-refractivity contribution in [3.8, 4) is 0 Å². The molecule has 1 rings (SSSR count). The average Bonchev–Trinajstić information content (AvgIpc) is 2.17. The lowest BCUT2D eigenvalue weighted by atomic mass is 9.75. The molecule has 1 atom stereocenters. The van der Waals surface area contributed by atoms with Crippen LogP contribution in [0.15, 0.2) is 24.8 Å². The highest BCUT2D eigenvalue weighted by Crippen LogP contribution is 2.35. The van der Waals surface area contributed by atoms with E-state index in [0.717, 1.165) is 24.8 Å². The van der Waals surface area contributed by atoms with Crippen LogP contribution in [0, 0.1) is 0 Å². The van der Waals surface area contributed by atoms with Crippen molar-refractivity contribution in [1.82, 2.24) is 4.90 Å². The Labute approximate surface area is 86.3 Å². The molecule has 0 heterocycles. The van der Waals surface area contributed by atoms with Crippen LogP contribution in [0.4, 0.5) is 0 Å². The molecular weight excluding hydrogens is 174 g/mol. The summed E-state index contributed by atoms with van der Waals surface area (Å²) in [6.07, 6.45) is 5.37. The Morgan fingerprint density at radius 1 is 1.50 bits per heavy atom. The monoisotopic (exact) mass is 193 g/mol. The molecule has 0 unspecified atom stereocenters. The van der Waals surface area contributed by atoms with Crippen LogP contribution in [0.5, 0.6) is 0 Å². The van der Waals surface area contributed by atoms with E-state index in [1.807, 2.05) is 19.0 Å². The zero-order valence-corrected chi connectivity index (χ0v) is 9.18. The predicted octanol–water partition coefficient (Wildman–Crippen LogP) is 2.17. The van der Waals surface area contributed by atoms with Crippen molar-refractivity contribution in [2.45, 2.75) is 31.2 Å². The third-order valence-electron chi connectivity index (χ3n) is 3.19. The largest absolute Gasteiger partial charge is 0.297 e. The first-order valence-corrected chi connectivity index (χ1v) is 5.08. The average molecular weight is 193 g/mol. The molecule has 1 aliphatic rings. The Morgan fingerprint density at radius 3 is 2.57 bits per heavy atom. The Balaban J connectivity index is 3.07. The molecule has 0 N–H and O–H groups in total. The second-order valence-electron chi connectivity index (χ2n) is 4.11. The SMILES string of the molecule is C=CC(=C)[C@]1(N(C)C)CCCCC1=O. The second-order valence-corrected chi connectivity index (χ2v) is 4.11. The Bertz CT molecular complexity index is 267. The van der Waals surface area contributed by atoms with Gasteiger partial charge in [0.25, 0.3) is 0 Å². The molecular formula is C12H19NO. The summed E-state index contributed by atoms with van der Waals surface area (Å²) < 4.78 is 0. The van der Waals surface area contributed by atoms with Crippen LogP contribution in [0.3, 0.4) is 0 Å². The summed E-state index contributed by atoms with van der Waals surface area (Å²) in [4.78, 5) is 14.0. The maximum atomic E-state index is 12.0. The van der Waals surface area contributed by atoms with E-state index >= 15 is 0 Å². The van der Waals surface area contributed by atoms with Gasteiger partial charge in [0.15, 0.2) is 5.78 Å². The van der Waals surface area contributed by atoms with E-state index in [0.29, 0.717) is 12.2 Å². The van der Waals surface area contributed by atoms with E-state index in [4.69, 9.17) is 0 Å². The predicted molar refractivity (Wildman–Crippen MR) is 59.2 cm³/mol. The molecule has 2 heteroatoms. The molecule has 0 radical (unpaired) electrons. The van der Waals surface area contributed by atoms with Crippen molar-refractivity contribution in [1.29, 1.82) is 0 Å². The van der Waals surface area contributed by atoms with Gasteiger partial charge in [-0.25, -0.2) is 0 Å². The number of carbonyl (C=O) groups excluding carboxylic acids is 1. The van der Waals surface area contributed by atoms with Crippen LogP contribution >= 0.6 is 0 Å². The van der Waals surface area contributed by atoms with Crippen LogP contribution in [-0.2, 0) is 4.79 Å². The number of rotatable bonds is 3. The van der Waals surface area contributed by atoms with Crippen molar-refractivity contribution >= 4 is 5.78 Å². The molecule has 0 aromatic carbocycles. The molecule has 2 nitrogen and oxygen atoms in total. The van der Waals surface area contributed by atoms with Gasteiger partial charge in [0.1, 0.15) is 5.54 Å². The Hall–Kier alpha value is -0.890. The minimum atomic E-state index is -0.472. The first-order valence-electron chi connectivity index (χ1n) is 5.08. The van der Waals surface area contributed by atoms with Crippen molar-refractivity contribution in [2.75, 3.05) is 14.1 Å². The lowest BCUT2D eigenvalue weighted by molar-refractivity contribution is -0.129. The molecule has 0 aromatic heterocycles. The van der Waals surface area contributed by atoms with Gasteiger partial charge in [-0.15, -0.1) is 0 Å². The highest BCUT2D eigenvalue weighted by Gasteiger charge is 2.42. The van der Waals surface area contributed by atoms with Crippen molar-refractivity contribution < 1.29 is 4.79 Å². The van der Waals surface area contributed by atoms with Crippen molar-refractivity contribution in [3.63, 3.8) is 0 Å². The number of ketones is 1. The van der Waals surface area contributed by atoms with Crippen LogP contribution in [0.2, 0.25) is 0 Å². The van der Waals surface area contributed by atoms with Gasteiger partial charge >= 0.3 is 0 Å². The number of likely N-dealkylation sites (N-methyl/N-ethyl adjacent to an activating group) is 1. The normalized spacial score (nSPS) is 27.8. The van der Waals surface area contributed by atoms with Crippen molar-refractivity contribution in [3.05, 3.63) is 24.8 Å². The van der Waals surface area contributed by atoms with Crippen LogP contribution < -0.4 is 0 Å². The highest BCUT2D eigenvalue weighted by atomic mass is 16.1. The summed E-state index contributed by atoms with van der Waals surface area (Å²) in [7, 11) is 3.88. The van der Waals surface area contributed by atoms with E-state index in [2.05, 4.69) is 13.2 Å². The maximum absolute atomic E-state index is 12.0. The molecule has 1 saturated carbocycles. The van der Waals surface area contributed by atoms with Crippen LogP contribution in [-0.4, -0.2) is 30.3 Å². The number of carbonyl (C=O) groups is 1. The summed E-state index contributed by atoms with van der Waals surface area (Å²) in [6, 6.07) is 0. The maximum Gasteiger partial charge on any atom is 0.157 e. The Kier molecular flexibility index (Phi) is 3.27. The summed E-state index contributed by atoms with van der Waals surface area (Å²) in [5, 5.41) is 0. The van der Waals surface area contributed by atoms with Gasteiger partial charge in [0, 0.05) is 6.42 Å². The number of hydrogen-bond acceptors (Lipinski definition) is 2. The third-order valence-corrected chi connectivity index (χ3v) is 3.19. The van der Waals surface area contributed by atoms with Gasteiger partial charge in [-0.1, -0.05) is 25.7 Å². The third kappa shape index (κ3) is 1.55. The molecule has 0 aromatic rings. The molecule has 0 aliphatic heterocycles. The van der Waals surface area contributed by atoms with Crippen molar-refractivity contribution in [2.24, 2.45) is 0 Å². The molecule has 0 spiro atoms. The lowest BCUT2D eigenvalue weighted by Crippen LogP contribution is -2.53. The van der Waals surface area contributed by atoms with Crippen LogP contribution in [0.25, 0.3) is 0 Å². The zero-order valence-electron chi connectivity index (χ0n) is 9.18. The topological polar surface area (TPSA) is 20.3 Å². The summed E-state index contributed by atoms with van der Waals surface area (Å²) >= 11 is 0. The zero-order chi connectivity index (χ0) is 10.8. The van der Waals surface area contributed by atoms with Crippen LogP contribution in [0.1, 0.15) is 25.7 Å². The summed E-state index contributed by atoms with van der Waals surface area (Å²) in [5.74, 6) is 0.290. The van der Waals surface area contributed by atoms with E-state index in [1.165, 1.54) is 0 Å². The first-order chi connectivity index (χ1) is 6.55. The molecule has 1 aliphatic carbocycles. The smallest absolute Gasteiger partial charge is 0.157 e. The minimum Gasteiger partial charge on any atom is -0.297 e. The second kappa shape index (κ2) is 4.09. The molecule has 78 valence electrons. The fourth-order valence-corrected chi connectivity index (χ4v) is 2.28.